The predicted octanol–water partition coefficient (Wildman–Crippen LogP) is 3.65. The Morgan fingerprint density at radius 1 is 1.00 bits per heavy atom. The van der Waals surface area contributed by atoms with E-state index in [4.69, 9.17) is 0 Å². The van der Waals surface area contributed by atoms with Crippen LogP contribution in [0.1, 0.15) is 5.56 Å². The van der Waals surface area contributed by atoms with Gasteiger partial charge in [-0.2, -0.15) is 0 Å². The molecule has 0 aliphatic heterocycles. The highest BCUT2D eigenvalue weighted by Crippen LogP contribution is 2.22. The summed E-state index contributed by atoms with van der Waals surface area (Å²) in [4.78, 5) is 20.7. The number of pyridine rings is 1. The molecule has 0 radical (unpaired) electrons. The summed E-state index contributed by atoms with van der Waals surface area (Å²) in [7, 11) is 0. The van der Waals surface area contributed by atoms with Crippen LogP contribution in [-0.4, -0.2) is 14.5 Å². The van der Waals surface area contributed by atoms with Crippen LogP contribution in [0.4, 0.5) is 4.39 Å². The van der Waals surface area contributed by atoms with Crippen molar-refractivity contribution < 1.29 is 4.39 Å². The Labute approximate surface area is 143 Å². The first-order valence-corrected chi connectivity index (χ1v) is 7.85. The van der Waals surface area contributed by atoms with Gasteiger partial charge >= 0.3 is 0 Å². The van der Waals surface area contributed by atoms with E-state index in [-0.39, 0.29) is 17.9 Å². The molecule has 0 aliphatic rings. The molecular formula is C20H14FN3O. The van der Waals surface area contributed by atoms with Crippen LogP contribution in [0.25, 0.3) is 22.0 Å². The molecule has 5 heteroatoms. The Kier molecular flexibility index (Phi) is 3.82. The lowest BCUT2D eigenvalue weighted by atomic mass is 10.0. The molecule has 4 aromatic rings. The second-order valence-corrected chi connectivity index (χ2v) is 5.74. The molecule has 2 aromatic heterocycles. The fourth-order valence-electron chi connectivity index (χ4n) is 2.79. The molecule has 122 valence electrons. The standard InChI is InChI=1S/C20H14FN3O/c21-18-10-15(14-4-2-1-3-5-14)6-7-16(18)12-24-13-23-19-11-22-9-8-17(19)20(24)25/h1-11,13H,12H2. The molecule has 0 unspecified atom stereocenters. The van der Waals surface area contributed by atoms with E-state index in [1.807, 2.05) is 36.4 Å². The number of hydrogen-bond donors (Lipinski definition) is 0. The van der Waals surface area contributed by atoms with Gasteiger partial charge in [-0.1, -0.05) is 42.5 Å². The van der Waals surface area contributed by atoms with Gasteiger partial charge in [0.2, 0.25) is 0 Å². The summed E-state index contributed by atoms with van der Waals surface area (Å²) in [5, 5.41) is 0.471. The van der Waals surface area contributed by atoms with Crippen molar-refractivity contribution in [2.24, 2.45) is 0 Å². The van der Waals surface area contributed by atoms with Gasteiger partial charge in [0.1, 0.15) is 5.82 Å². The first-order valence-electron chi connectivity index (χ1n) is 7.85. The molecule has 0 atom stereocenters. The van der Waals surface area contributed by atoms with Crippen LogP contribution in [-0.2, 0) is 6.54 Å². The third kappa shape index (κ3) is 2.92. The van der Waals surface area contributed by atoms with Gasteiger partial charge in [0, 0.05) is 11.8 Å². The van der Waals surface area contributed by atoms with Crippen LogP contribution in [0.3, 0.4) is 0 Å². The normalized spacial score (nSPS) is 10.9. The minimum atomic E-state index is -0.344. The van der Waals surface area contributed by atoms with E-state index in [2.05, 4.69) is 9.97 Å². The van der Waals surface area contributed by atoms with Crippen LogP contribution in [0.2, 0.25) is 0 Å². The summed E-state index contributed by atoms with van der Waals surface area (Å²) >= 11 is 0. The quantitative estimate of drug-likeness (QED) is 0.576. The Morgan fingerprint density at radius 3 is 2.64 bits per heavy atom. The van der Waals surface area contributed by atoms with Crippen molar-refractivity contribution >= 4 is 10.9 Å². The number of hydrogen-bond acceptors (Lipinski definition) is 3. The average molecular weight is 331 g/mol. The number of halogens is 1. The molecular weight excluding hydrogens is 317 g/mol. The van der Waals surface area contributed by atoms with Crippen LogP contribution in [0.15, 0.2) is 78.1 Å². The van der Waals surface area contributed by atoms with Crippen LogP contribution < -0.4 is 5.56 Å². The fourth-order valence-corrected chi connectivity index (χ4v) is 2.79. The highest BCUT2D eigenvalue weighted by atomic mass is 19.1. The Hall–Kier alpha value is -3.34. The lowest BCUT2D eigenvalue weighted by Gasteiger charge is -2.09. The van der Waals surface area contributed by atoms with E-state index >= 15 is 0 Å². The van der Waals surface area contributed by atoms with Gasteiger partial charge in [0.05, 0.1) is 30.0 Å². The van der Waals surface area contributed by atoms with Crippen molar-refractivity contribution in [3.63, 3.8) is 0 Å². The van der Waals surface area contributed by atoms with Crippen molar-refractivity contribution in [1.82, 2.24) is 14.5 Å². The van der Waals surface area contributed by atoms with Crippen LogP contribution in [0, 0.1) is 5.82 Å². The van der Waals surface area contributed by atoms with Crippen LogP contribution >= 0.6 is 0 Å². The van der Waals surface area contributed by atoms with E-state index in [1.54, 1.807) is 18.3 Å². The molecule has 0 spiro atoms. The number of nitrogens with zero attached hydrogens (tertiary/aromatic N) is 3. The first kappa shape index (κ1) is 15.2. The number of benzene rings is 2. The van der Waals surface area contributed by atoms with Crippen molar-refractivity contribution in [1.29, 1.82) is 0 Å². The average Bonchev–Trinajstić information content (AvgIpc) is 2.66. The number of rotatable bonds is 3. The fraction of sp³-hybridized carbons (Fsp3) is 0.0500. The second kappa shape index (κ2) is 6.28. The maximum atomic E-state index is 14.5. The molecule has 0 amide bonds. The molecule has 0 N–H and O–H groups in total. The SMILES string of the molecule is O=c1c2ccncc2ncn1Cc1ccc(-c2ccccc2)cc1F. The topological polar surface area (TPSA) is 47.8 Å². The second-order valence-electron chi connectivity index (χ2n) is 5.74. The zero-order valence-corrected chi connectivity index (χ0v) is 13.3. The highest BCUT2D eigenvalue weighted by molar-refractivity contribution is 5.75. The zero-order chi connectivity index (χ0) is 17.2. The third-order valence-electron chi connectivity index (χ3n) is 4.13. The van der Waals surface area contributed by atoms with Gasteiger partial charge in [0.15, 0.2) is 0 Å². The molecule has 4 rings (SSSR count). The minimum absolute atomic E-state index is 0.130. The molecule has 2 aromatic carbocycles. The summed E-state index contributed by atoms with van der Waals surface area (Å²) in [6.45, 7) is 0.130. The summed E-state index contributed by atoms with van der Waals surface area (Å²) in [5.41, 5.74) is 2.52. The van der Waals surface area contributed by atoms with E-state index in [0.29, 0.717) is 16.5 Å². The first-order chi connectivity index (χ1) is 12.2. The monoisotopic (exact) mass is 331 g/mol. The lowest BCUT2D eigenvalue weighted by Crippen LogP contribution is -2.21. The molecule has 0 fully saturated rings. The number of aromatic nitrogens is 3. The summed E-state index contributed by atoms with van der Waals surface area (Å²) < 4.78 is 15.9. The summed E-state index contributed by atoms with van der Waals surface area (Å²) in [5.74, 6) is -0.344. The smallest absolute Gasteiger partial charge is 0.261 e. The van der Waals surface area contributed by atoms with Gasteiger partial charge in [-0.25, -0.2) is 9.37 Å². The highest BCUT2D eigenvalue weighted by Gasteiger charge is 2.09. The Balaban J connectivity index is 1.70. The van der Waals surface area contributed by atoms with Crippen molar-refractivity contribution in [3.05, 3.63) is 95.1 Å². The molecule has 25 heavy (non-hydrogen) atoms. The molecule has 0 saturated heterocycles. The van der Waals surface area contributed by atoms with Gasteiger partial charge in [-0.15, -0.1) is 0 Å². The molecule has 0 saturated carbocycles. The maximum absolute atomic E-state index is 14.5. The summed E-state index contributed by atoms with van der Waals surface area (Å²) in [6.07, 6.45) is 4.51. The largest absolute Gasteiger partial charge is 0.294 e. The Morgan fingerprint density at radius 2 is 1.84 bits per heavy atom. The predicted molar refractivity (Wildman–Crippen MR) is 94.7 cm³/mol. The zero-order valence-electron chi connectivity index (χ0n) is 13.3. The van der Waals surface area contributed by atoms with E-state index in [9.17, 15) is 9.18 Å². The molecule has 0 aliphatic carbocycles. The van der Waals surface area contributed by atoms with E-state index in [0.717, 1.165) is 11.1 Å². The maximum Gasteiger partial charge on any atom is 0.261 e. The van der Waals surface area contributed by atoms with Crippen molar-refractivity contribution in [2.45, 2.75) is 6.54 Å². The van der Waals surface area contributed by atoms with Gasteiger partial charge in [0.25, 0.3) is 5.56 Å². The molecule has 4 nitrogen and oxygen atoms in total. The third-order valence-corrected chi connectivity index (χ3v) is 4.13. The van der Waals surface area contributed by atoms with Gasteiger partial charge in [-0.3, -0.25) is 14.3 Å². The number of fused-ring (bicyclic) bond motifs is 1. The van der Waals surface area contributed by atoms with Crippen molar-refractivity contribution in [3.8, 4) is 11.1 Å². The van der Waals surface area contributed by atoms with E-state index in [1.165, 1.54) is 23.2 Å². The van der Waals surface area contributed by atoms with Gasteiger partial charge in [-0.05, 0) is 23.3 Å². The minimum Gasteiger partial charge on any atom is -0.294 e. The lowest BCUT2D eigenvalue weighted by molar-refractivity contribution is 0.596. The van der Waals surface area contributed by atoms with Crippen LogP contribution in [0.5, 0.6) is 0 Å². The summed E-state index contributed by atoms with van der Waals surface area (Å²) in [6, 6.07) is 16.3. The Bertz CT molecular complexity index is 1110. The molecule has 0 bridgehead atoms. The molecule has 2 heterocycles. The van der Waals surface area contributed by atoms with Crippen molar-refractivity contribution in [2.75, 3.05) is 0 Å². The van der Waals surface area contributed by atoms with Gasteiger partial charge < -0.3 is 0 Å². The van der Waals surface area contributed by atoms with E-state index < -0.39 is 0 Å².